The topological polar surface area (TPSA) is 175 Å². The fourth-order valence-electron chi connectivity index (χ4n) is 13.6. The van der Waals surface area contributed by atoms with E-state index in [1.807, 2.05) is 31.0 Å². The predicted molar refractivity (Wildman–Crippen MR) is 265 cm³/mol. The minimum Gasteiger partial charge on any atom is -0.453 e. The number of likely N-dealkylation sites (tertiary alicyclic amines) is 2. The SMILES string of the molecule is COC(=O)N[C@H](C(=O)N1CCC[C@H]1c1ncc(-c2ccc(-c3ccc(-c4ccc5nc([C@@H]6CCCN6C[C@@H](NC(=O)OC)C(C)C)[nH]c(=O)c5c4)c4c3C3CCC4C3)c3c2C2CCC3C2)[nH]1)C(C)C. The first kappa shape index (κ1) is 45.4. The van der Waals surface area contributed by atoms with Crippen LogP contribution in [0.2, 0.25) is 0 Å². The van der Waals surface area contributed by atoms with Gasteiger partial charge >= 0.3 is 12.2 Å². The second-order valence-electron chi connectivity index (χ2n) is 21.4. The third kappa shape index (κ3) is 7.90. The van der Waals surface area contributed by atoms with E-state index in [0.717, 1.165) is 49.3 Å². The van der Waals surface area contributed by atoms with E-state index < -0.39 is 18.2 Å². The lowest BCUT2D eigenvalue weighted by molar-refractivity contribution is -0.135. The molecule has 4 heterocycles. The number of aromatic nitrogens is 4. The average Bonchev–Trinajstić information content (AvgIpc) is 4.22. The van der Waals surface area contributed by atoms with Crippen molar-refractivity contribution in [3.8, 4) is 33.5 Å². The molecule has 4 aliphatic carbocycles. The van der Waals surface area contributed by atoms with Crippen LogP contribution in [-0.4, -0.2) is 93.8 Å². The number of methoxy groups -OCH3 is 2. The van der Waals surface area contributed by atoms with Crippen molar-refractivity contribution in [2.45, 2.75) is 140 Å². The maximum atomic E-state index is 14.0. The first-order chi connectivity index (χ1) is 33.4. The van der Waals surface area contributed by atoms with Crippen molar-refractivity contribution in [1.29, 1.82) is 0 Å². The Morgan fingerprint density at radius 1 is 0.696 bits per heavy atom. The third-order valence-electron chi connectivity index (χ3n) is 16.9. The molecule has 11 rings (SSSR count). The van der Waals surface area contributed by atoms with Gasteiger partial charge in [-0.2, -0.15) is 0 Å². The number of ether oxygens (including phenoxy) is 2. The molecule has 4 bridgehead atoms. The lowest BCUT2D eigenvalue weighted by Gasteiger charge is -2.30. The number of carbonyl (C=O) groups excluding carboxylic acids is 3. The lowest BCUT2D eigenvalue weighted by atomic mass is 9.77. The number of hydrogen-bond donors (Lipinski definition) is 4. The van der Waals surface area contributed by atoms with Gasteiger partial charge in [-0.05, 0) is 163 Å². The normalized spacial score (nSPS) is 24.3. The minimum atomic E-state index is -0.684. The Labute approximate surface area is 403 Å². The molecule has 4 fully saturated rings. The second kappa shape index (κ2) is 18.1. The molecule has 4 N–H and O–H groups in total. The number of imidazole rings is 1. The Balaban J connectivity index is 0.901. The Morgan fingerprint density at radius 3 is 1.94 bits per heavy atom. The van der Waals surface area contributed by atoms with Crippen molar-refractivity contribution < 1.29 is 23.9 Å². The number of hydrogen-bond acceptors (Lipinski definition) is 9. The zero-order valence-corrected chi connectivity index (χ0v) is 40.8. The summed E-state index contributed by atoms with van der Waals surface area (Å²) in [5.41, 5.74) is 13.7. The number of carbonyl (C=O) groups is 3. The number of alkyl carbamates (subject to hydrolysis) is 2. The maximum absolute atomic E-state index is 14.0. The van der Waals surface area contributed by atoms with Crippen molar-refractivity contribution in [2.24, 2.45) is 11.8 Å². The van der Waals surface area contributed by atoms with E-state index in [1.165, 1.54) is 97.3 Å². The molecule has 2 saturated heterocycles. The summed E-state index contributed by atoms with van der Waals surface area (Å²) in [5, 5.41) is 6.36. The Morgan fingerprint density at radius 2 is 1.29 bits per heavy atom. The molecule has 5 aromatic rings. The molecule has 4 unspecified atom stereocenters. The van der Waals surface area contributed by atoms with Gasteiger partial charge in [-0.25, -0.2) is 19.6 Å². The number of H-pyrrole nitrogens is 2. The molecule has 2 aromatic heterocycles. The number of aromatic amines is 2. The number of amides is 3. The standard InChI is InChI=1S/C55H66N8O6/c1-28(2)42(59-54(66)68-5)27-62-21-7-9-43(62)51-57-40-20-15-30(25-39(40)52(64)61-51)35-16-17-36(46-32-12-11-31(23-32)45(35)46)37-18-19-38(48-34-14-13-33(24-34)47(37)48)41-26-56-50(58-41)44-10-8-22-63(44)53(65)49(29(3)4)60-55(67)69-6/h15-20,25-26,28-29,31-34,42-44,49H,7-14,21-24,27H2,1-6H3,(H,56,58)(H,59,66)(H,60,67)(H,57,61,64)/t31?,32?,33?,34?,42-,43+,44+,49+/m1/s1. The smallest absolute Gasteiger partial charge is 0.407 e. The van der Waals surface area contributed by atoms with Gasteiger partial charge in [0.15, 0.2) is 0 Å². The van der Waals surface area contributed by atoms with Crippen LogP contribution in [0.25, 0.3) is 44.4 Å². The monoisotopic (exact) mass is 935 g/mol. The van der Waals surface area contributed by atoms with Gasteiger partial charge in [0.2, 0.25) is 5.91 Å². The zero-order valence-electron chi connectivity index (χ0n) is 40.8. The van der Waals surface area contributed by atoms with Crippen LogP contribution in [-0.2, 0) is 14.3 Å². The van der Waals surface area contributed by atoms with E-state index >= 15 is 0 Å². The summed E-state index contributed by atoms with van der Waals surface area (Å²) in [7, 11) is 2.70. The molecular weight excluding hydrogens is 869 g/mol. The third-order valence-corrected chi connectivity index (χ3v) is 16.9. The number of benzene rings is 3. The van der Waals surface area contributed by atoms with E-state index in [1.54, 1.807) is 0 Å². The molecule has 3 aromatic carbocycles. The summed E-state index contributed by atoms with van der Waals surface area (Å²) in [5.74, 6) is 3.48. The molecule has 8 atom stereocenters. The molecular formula is C55H66N8O6. The molecule has 0 radical (unpaired) electrons. The molecule has 6 aliphatic rings. The zero-order chi connectivity index (χ0) is 47.8. The molecule has 362 valence electrons. The summed E-state index contributed by atoms with van der Waals surface area (Å²) >= 11 is 0. The molecule has 2 aliphatic heterocycles. The average molecular weight is 935 g/mol. The number of fused-ring (bicyclic) bond motifs is 11. The maximum Gasteiger partial charge on any atom is 0.407 e. The second-order valence-corrected chi connectivity index (χ2v) is 21.4. The Hall–Kier alpha value is -6.02. The molecule has 69 heavy (non-hydrogen) atoms. The summed E-state index contributed by atoms with van der Waals surface area (Å²) < 4.78 is 9.76. The van der Waals surface area contributed by atoms with Crippen LogP contribution in [0.15, 0.2) is 53.5 Å². The first-order valence-electron chi connectivity index (χ1n) is 25.6. The Kier molecular flexibility index (Phi) is 11.9. The minimum absolute atomic E-state index is 0.0430. The van der Waals surface area contributed by atoms with Gasteiger partial charge in [0.05, 0.1) is 49.1 Å². The van der Waals surface area contributed by atoms with Crippen molar-refractivity contribution >= 4 is 29.0 Å². The van der Waals surface area contributed by atoms with Gasteiger partial charge in [0, 0.05) is 24.7 Å². The van der Waals surface area contributed by atoms with Crippen LogP contribution in [0.5, 0.6) is 0 Å². The van der Waals surface area contributed by atoms with E-state index in [4.69, 9.17) is 19.4 Å². The summed E-state index contributed by atoms with van der Waals surface area (Å²) in [4.78, 5) is 73.4. The fraction of sp³-hybridized carbons (Fsp3) is 0.527. The van der Waals surface area contributed by atoms with Gasteiger partial charge in [0.1, 0.15) is 17.7 Å². The molecule has 14 nitrogen and oxygen atoms in total. The van der Waals surface area contributed by atoms with Gasteiger partial charge in [-0.3, -0.25) is 14.5 Å². The lowest BCUT2D eigenvalue weighted by Crippen LogP contribution is -2.51. The van der Waals surface area contributed by atoms with E-state index in [-0.39, 0.29) is 41.4 Å². The highest BCUT2D eigenvalue weighted by Gasteiger charge is 2.45. The van der Waals surface area contributed by atoms with Crippen LogP contribution in [0, 0.1) is 11.8 Å². The van der Waals surface area contributed by atoms with Crippen molar-refractivity contribution in [3.63, 3.8) is 0 Å². The van der Waals surface area contributed by atoms with Crippen LogP contribution in [0.3, 0.4) is 0 Å². The summed E-state index contributed by atoms with van der Waals surface area (Å²) in [6, 6.07) is 14.6. The molecule has 3 amide bonds. The summed E-state index contributed by atoms with van der Waals surface area (Å²) in [6.45, 7) is 10.2. The molecule has 14 heteroatoms. The quantitative estimate of drug-likeness (QED) is 0.0949. The predicted octanol–water partition coefficient (Wildman–Crippen LogP) is 9.94. The number of rotatable bonds is 12. The highest BCUT2D eigenvalue weighted by atomic mass is 16.5. The van der Waals surface area contributed by atoms with Crippen molar-refractivity contribution in [2.75, 3.05) is 33.9 Å². The van der Waals surface area contributed by atoms with E-state index in [9.17, 15) is 19.2 Å². The number of nitrogens with one attached hydrogen (secondary N) is 4. The van der Waals surface area contributed by atoms with Crippen LogP contribution in [0.4, 0.5) is 9.59 Å². The fourth-order valence-corrected chi connectivity index (χ4v) is 13.6. The largest absolute Gasteiger partial charge is 0.453 e. The Bertz CT molecular complexity index is 2900. The van der Waals surface area contributed by atoms with Gasteiger partial charge in [0.25, 0.3) is 5.56 Å². The van der Waals surface area contributed by atoms with E-state index in [2.05, 4.69) is 75.7 Å². The van der Waals surface area contributed by atoms with Gasteiger partial charge in [-0.1, -0.05) is 58.0 Å². The summed E-state index contributed by atoms with van der Waals surface area (Å²) in [6.07, 6.45) is 11.6. The van der Waals surface area contributed by atoms with Crippen LogP contribution in [0.1, 0.15) is 162 Å². The van der Waals surface area contributed by atoms with Crippen LogP contribution >= 0.6 is 0 Å². The number of nitrogens with zero attached hydrogens (tertiary/aromatic N) is 4. The highest BCUT2D eigenvalue weighted by molar-refractivity contribution is 5.89. The van der Waals surface area contributed by atoms with Gasteiger partial charge < -0.3 is 35.0 Å². The first-order valence-corrected chi connectivity index (χ1v) is 25.6. The molecule has 0 spiro atoms. The van der Waals surface area contributed by atoms with Gasteiger partial charge in [-0.15, -0.1) is 0 Å². The van der Waals surface area contributed by atoms with Crippen molar-refractivity contribution in [1.82, 2.24) is 40.4 Å². The van der Waals surface area contributed by atoms with Crippen molar-refractivity contribution in [3.05, 3.63) is 92.9 Å². The molecule has 2 saturated carbocycles. The van der Waals surface area contributed by atoms with E-state index in [0.29, 0.717) is 53.5 Å². The highest BCUT2D eigenvalue weighted by Crippen LogP contribution is 2.62. The van der Waals surface area contributed by atoms with Crippen LogP contribution < -0.4 is 16.2 Å².